The van der Waals surface area contributed by atoms with Crippen LogP contribution < -0.4 is 0 Å². The molecule has 0 fully saturated rings. The molecule has 0 aliphatic carbocycles. The second-order valence-electron chi connectivity index (χ2n) is 7.21. The second kappa shape index (κ2) is 6.71. The lowest BCUT2D eigenvalue weighted by Crippen LogP contribution is -2.28. The van der Waals surface area contributed by atoms with E-state index in [0.717, 1.165) is 46.2 Å². The van der Waals surface area contributed by atoms with Crippen molar-refractivity contribution in [2.24, 2.45) is 0 Å². The van der Waals surface area contributed by atoms with Crippen LogP contribution in [0, 0.1) is 0 Å². The van der Waals surface area contributed by atoms with E-state index in [1.165, 1.54) is 0 Å². The number of carbonyl (C=O) groups is 2. The molecule has 0 radical (unpaired) electrons. The zero-order valence-electron chi connectivity index (χ0n) is 15.0. The Morgan fingerprint density at radius 1 is 1.32 bits per heavy atom. The smallest absolute Gasteiger partial charge is 0.419 e. The monoisotopic (exact) mass is 357 g/mol. The topological polar surface area (TPSA) is 48.3 Å². The van der Waals surface area contributed by atoms with Crippen molar-refractivity contribution in [3.63, 3.8) is 0 Å². The summed E-state index contributed by atoms with van der Waals surface area (Å²) >= 11 is 1.58. The Labute approximate surface area is 152 Å². The summed E-state index contributed by atoms with van der Waals surface area (Å²) in [5.41, 5.74) is 1.96. The van der Waals surface area contributed by atoms with E-state index in [1.54, 1.807) is 16.3 Å². The first-order valence-electron chi connectivity index (χ1n) is 8.56. The first kappa shape index (κ1) is 17.8. The van der Waals surface area contributed by atoms with Crippen LogP contribution in [0.15, 0.2) is 34.9 Å². The normalized spacial score (nSPS) is 17.1. The van der Waals surface area contributed by atoms with Gasteiger partial charge in [-0.25, -0.2) is 9.36 Å². The van der Waals surface area contributed by atoms with Crippen LogP contribution in [0.5, 0.6) is 0 Å². The summed E-state index contributed by atoms with van der Waals surface area (Å²) in [5, 5.41) is 1.89. The lowest BCUT2D eigenvalue weighted by Gasteiger charge is -2.24. The van der Waals surface area contributed by atoms with Crippen molar-refractivity contribution in [1.29, 1.82) is 0 Å². The third-order valence-corrected chi connectivity index (χ3v) is 5.49. The van der Waals surface area contributed by atoms with Crippen LogP contribution in [-0.4, -0.2) is 27.8 Å². The maximum Gasteiger partial charge on any atom is 0.419 e. The summed E-state index contributed by atoms with van der Waals surface area (Å²) in [7, 11) is 0. The van der Waals surface area contributed by atoms with Crippen molar-refractivity contribution < 1.29 is 14.3 Å². The first-order valence-corrected chi connectivity index (χ1v) is 9.44. The summed E-state index contributed by atoms with van der Waals surface area (Å²) < 4.78 is 7.28. The van der Waals surface area contributed by atoms with E-state index in [9.17, 15) is 9.59 Å². The molecule has 0 saturated carbocycles. The van der Waals surface area contributed by atoms with Crippen molar-refractivity contribution in [3.8, 4) is 0 Å². The summed E-state index contributed by atoms with van der Waals surface area (Å²) in [6.07, 6.45) is 4.36. The number of benzene rings is 1. The minimum absolute atomic E-state index is 0.0699. The summed E-state index contributed by atoms with van der Waals surface area (Å²) in [6.45, 7) is 7.68. The number of para-hydroxylation sites is 1. The van der Waals surface area contributed by atoms with E-state index < -0.39 is 5.60 Å². The Kier molecular flexibility index (Phi) is 4.78. The molecule has 3 rings (SSSR count). The molecule has 1 atom stereocenters. The lowest BCUT2D eigenvalue weighted by molar-refractivity contribution is -0.104. The van der Waals surface area contributed by atoms with Gasteiger partial charge in [-0.05, 0) is 39.3 Å². The number of nitrogens with zero attached hydrogens (tertiary/aromatic N) is 1. The average molecular weight is 357 g/mol. The first-order chi connectivity index (χ1) is 11.9. The number of thioether (sulfide) groups is 1. The third-order valence-electron chi connectivity index (χ3n) is 4.07. The third kappa shape index (κ3) is 3.38. The van der Waals surface area contributed by atoms with Gasteiger partial charge in [-0.1, -0.05) is 43.3 Å². The highest BCUT2D eigenvalue weighted by Crippen LogP contribution is 2.44. The van der Waals surface area contributed by atoms with Crippen molar-refractivity contribution >= 4 is 41.1 Å². The van der Waals surface area contributed by atoms with Gasteiger partial charge in [0.25, 0.3) is 0 Å². The molecule has 0 bridgehead atoms. The molecule has 1 aliphatic rings. The Bertz CT molecular complexity index is 858. The SMILES string of the molecule is CCC[C@H]1Sc2c(c3ccccc3n2C(=O)OC(C)(C)C)C=C1C=O. The Morgan fingerprint density at radius 3 is 2.68 bits per heavy atom. The number of rotatable bonds is 3. The van der Waals surface area contributed by atoms with Gasteiger partial charge < -0.3 is 4.74 Å². The summed E-state index contributed by atoms with van der Waals surface area (Å²) in [6, 6.07) is 7.75. The molecule has 1 aromatic carbocycles. The van der Waals surface area contributed by atoms with Crippen molar-refractivity contribution in [1.82, 2.24) is 4.57 Å². The van der Waals surface area contributed by atoms with Crippen molar-refractivity contribution in [2.75, 3.05) is 0 Å². The molecule has 1 aliphatic heterocycles. The fraction of sp³-hybridized carbons (Fsp3) is 0.400. The molecule has 25 heavy (non-hydrogen) atoms. The quantitative estimate of drug-likeness (QED) is 0.701. The zero-order chi connectivity index (χ0) is 18.2. The maximum absolute atomic E-state index is 12.9. The number of carbonyl (C=O) groups excluding carboxylic acids is 2. The van der Waals surface area contributed by atoms with Crippen molar-refractivity contribution in [2.45, 2.75) is 56.4 Å². The maximum atomic E-state index is 12.9. The second-order valence-corrected chi connectivity index (χ2v) is 8.40. The summed E-state index contributed by atoms with van der Waals surface area (Å²) in [4.78, 5) is 24.4. The predicted octanol–water partition coefficient (Wildman–Crippen LogP) is 5.28. The molecule has 0 unspecified atom stereocenters. The molecule has 0 N–H and O–H groups in total. The molecule has 132 valence electrons. The van der Waals surface area contributed by atoms with Gasteiger partial charge in [-0.15, -0.1) is 0 Å². The van der Waals surface area contributed by atoms with E-state index >= 15 is 0 Å². The van der Waals surface area contributed by atoms with E-state index in [1.807, 2.05) is 51.1 Å². The predicted molar refractivity (Wildman–Crippen MR) is 102 cm³/mol. The standard InChI is InChI=1S/C20H23NO3S/c1-5-8-17-13(12-22)11-15-14-9-6-7-10-16(14)21(18(15)25-17)19(23)24-20(2,3)4/h6-7,9-12,17H,5,8H2,1-4H3/t17-/m1/s1. The van der Waals surface area contributed by atoms with Crippen LogP contribution in [0.4, 0.5) is 4.79 Å². The highest BCUT2D eigenvalue weighted by Gasteiger charge is 2.30. The highest BCUT2D eigenvalue weighted by atomic mass is 32.2. The van der Waals surface area contributed by atoms with E-state index in [0.29, 0.717) is 0 Å². The Balaban J connectivity index is 2.20. The van der Waals surface area contributed by atoms with Gasteiger partial charge in [0.15, 0.2) is 0 Å². The van der Waals surface area contributed by atoms with Crippen LogP contribution in [-0.2, 0) is 9.53 Å². The number of ether oxygens (including phenoxy) is 1. The molecule has 0 spiro atoms. The number of aromatic nitrogens is 1. The fourth-order valence-electron chi connectivity index (χ4n) is 3.05. The minimum Gasteiger partial charge on any atom is -0.443 e. The Morgan fingerprint density at radius 2 is 2.04 bits per heavy atom. The molecule has 1 aromatic heterocycles. The van der Waals surface area contributed by atoms with Gasteiger partial charge in [0, 0.05) is 21.8 Å². The van der Waals surface area contributed by atoms with Gasteiger partial charge in [0.1, 0.15) is 11.9 Å². The van der Waals surface area contributed by atoms with E-state index in [2.05, 4.69) is 6.92 Å². The molecule has 2 heterocycles. The Hall–Kier alpha value is -2.01. The highest BCUT2D eigenvalue weighted by molar-refractivity contribution is 8.00. The molecule has 0 saturated heterocycles. The van der Waals surface area contributed by atoms with Gasteiger partial charge in [0.2, 0.25) is 0 Å². The van der Waals surface area contributed by atoms with Crippen LogP contribution in [0.3, 0.4) is 0 Å². The molecule has 2 aromatic rings. The molecule has 0 amide bonds. The number of aldehydes is 1. The van der Waals surface area contributed by atoms with Crippen LogP contribution in [0.25, 0.3) is 17.0 Å². The fourth-order valence-corrected chi connectivity index (χ4v) is 4.50. The largest absolute Gasteiger partial charge is 0.443 e. The molecular weight excluding hydrogens is 334 g/mol. The molecular formula is C20H23NO3S. The minimum atomic E-state index is -0.568. The van der Waals surface area contributed by atoms with Crippen LogP contribution in [0.1, 0.15) is 46.1 Å². The van der Waals surface area contributed by atoms with Gasteiger partial charge >= 0.3 is 6.09 Å². The van der Waals surface area contributed by atoms with E-state index in [-0.39, 0.29) is 11.3 Å². The van der Waals surface area contributed by atoms with E-state index in [4.69, 9.17) is 4.74 Å². The van der Waals surface area contributed by atoms with Gasteiger partial charge in [-0.3, -0.25) is 4.79 Å². The lowest BCUT2D eigenvalue weighted by atomic mass is 10.0. The number of hydrogen-bond donors (Lipinski definition) is 0. The van der Waals surface area contributed by atoms with Crippen LogP contribution in [0.2, 0.25) is 0 Å². The summed E-state index contributed by atoms with van der Waals surface area (Å²) in [5.74, 6) is 0. The van der Waals surface area contributed by atoms with Crippen molar-refractivity contribution in [3.05, 3.63) is 35.4 Å². The number of fused-ring (bicyclic) bond motifs is 3. The average Bonchev–Trinajstić information content (AvgIpc) is 2.86. The van der Waals surface area contributed by atoms with Gasteiger partial charge in [0.05, 0.1) is 10.5 Å². The molecule has 4 nitrogen and oxygen atoms in total. The van der Waals surface area contributed by atoms with Crippen LogP contribution >= 0.6 is 11.8 Å². The van der Waals surface area contributed by atoms with Gasteiger partial charge in [-0.2, -0.15) is 0 Å². The molecule has 5 heteroatoms. The number of hydrogen-bond acceptors (Lipinski definition) is 4. The zero-order valence-corrected chi connectivity index (χ0v) is 15.9.